The number of carbonyl (C=O) groups is 1. The van der Waals surface area contributed by atoms with Gasteiger partial charge < -0.3 is 9.47 Å². The quantitative estimate of drug-likeness (QED) is 0.663. The van der Waals surface area contributed by atoms with E-state index in [-0.39, 0.29) is 23.4 Å². The van der Waals surface area contributed by atoms with Crippen LogP contribution in [0, 0.1) is 10.8 Å². The van der Waals surface area contributed by atoms with Gasteiger partial charge in [-0.3, -0.25) is 0 Å². The Labute approximate surface area is 93.1 Å². The molecule has 0 aliphatic carbocycles. The molecule has 90 valence electrons. The third-order valence-corrected chi connectivity index (χ3v) is 3.05. The van der Waals surface area contributed by atoms with E-state index in [1.54, 1.807) is 0 Å². The molecule has 0 heterocycles. The second-order valence-electron chi connectivity index (χ2n) is 5.43. The summed E-state index contributed by atoms with van der Waals surface area (Å²) in [4.78, 5) is 11.2. The Hall–Kier alpha value is -0.570. The molecule has 3 nitrogen and oxygen atoms in total. The summed E-state index contributed by atoms with van der Waals surface area (Å²) in [5.41, 5.74) is 0.0772. The van der Waals surface area contributed by atoms with Crippen molar-refractivity contribution in [3.8, 4) is 0 Å². The molecule has 0 fully saturated rings. The predicted octanol–water partition coefficient (Wildman–Crippen LogP) is 2.64. The van der Waals surface area contributed by atoms with E-state index in [4.69, 9.17) is 9.47 Å². The van der Waals surface area contributed by atoms with E-state index in [2.05, 4.69) is 34.6 Å². The lowest BCUT2D eigenvalue weighted by Crippen LogP contribution is -2.35. The summed E-state index contributed by atoms with van der Waals surface area (Å²) in [6, 6.07) is 0. The molecular weight excluding hydrogens is 192 g/mol. The fourth-order valence-electron chi connectivity index (χ4n) is 0.704. The molecule has 0 atom stereocenters. The Balaban J connectivity index is 3.99. The molecule has 0 N–H and O–H groups in total. The fraction of sp³-hybridized carbons (Fsp3) is 0.917. The fourth-order valence-corrected chi connectivity index (χ4v) is 0.704. The van der Waals surface area contributed by atoms with Gasteiger partial charge in [0.15, 0.2) is 0 Å². The Morgan fingerprint density at radius 1 is 1.13 bits per heavy atom. The summed E-state index contributed by atoms with van der Waals surface area (Å²) < 4.78 is 10.1. The van der Waals surface area contributed by atoms with Crippen LogP contribution in [0.1, 0.15) is 41.5 Å². The Morgan fingerprint density at radius 3 is 2.07 bits per heavy atom. The second kappa shape index (κ2) is 5.50. The Morgan fingerprint density at radius 2 is 1.67 bits per heavy atom. The lowest BCUT2D eigenvalue weighted by molar-refractivity contribution is -0.154. The first kappa shape index (κ1) is 14.4. The van der Waals surface area contributed by atoms with Crippen LogP contribution < -0.4 is 0 Å². The monoisotopic (exact) mass is 216 g/mol. The normalized spacial score (nSPS) is 12.7. The van der Waals surface area contributed by atoms with Crippen LogP contribution in [0.5, 0.6) is 0 Å². The van der Waals surface area contributed by atoms with Crippen molar-refractivity contribution >= 4 is 5.97 Å². The molecule has 0 unspecified atom stereocenters. The molecule has 0 saturated heterocycles. The van der Waals surface area contributed by atoms with Crippen LogP contribution >= 0.6 is 0 Å². The van der Waals surface area contributed by atoms with Crippen LogP contribution in [0.4, 0.5) is 0 Å². The summed E-state index contributed by atoms with van der Waals surface area (Å²) in [7, 11) is 0. The van der Waals surface area contributed by atoms with Crippen molar-refractivity contribution < 1.29 is 14.3 Å². The number of carbonyl (C=O) groups excluding carboxylic acids is 1. The van der Waals surface area contributed by atoms with Crippen molar-refractivity contribution in [3.05, 3.63) is 0 Å². The topological polar surface area (TPSA) is 35.5 Å². The maximum Gasteiger partial charge on any atom is 0.332 e. The van der Waals surface area contributed by atoms with Crippen LogP contribution in [0.2, 0.25) is 0 Å². The van der Waals surface area contributed by atoms with Gasteiger partial charge in [-0.1, -0.05) is 34.6 Å². The van der Waals surface area contributed by atoms with E-state index in [0.29, 0.717) is 13.2 Å². The molecule has 0 radical (unpaired) electrons. The number of rotatable bonds is 5. The van der Waals surface area contributed by atoms with Crippen LogP contribution in [0.25, 0.3) is 0 Å². The number of hydrogen-bond donors (Lipinski definition) is 0. The van der Waals surface area contributed by atoms with Crippen LogP contribution in [0.3, 0.4) is 0 Å². The van der Waals surface area contributed by atoms with Gasteiger partial charge in [-0.25, -0.2) is 4.79 Å². The zero-order chi connectivity index (χ0) is 12.1. The zero-order valence-corrected chi connectivity index (χ0v) is 10.8. The smallest absolute Gasteiger partial charge is 0.332 e. The van der Waals surface area contributed by atoms with Crippen LogP contribution in [-0.4, -0.2) is 25.8 Å². The third kappa shape index (κ3) is 5.17. The maximum absolute atomic E-state index is 11.2. The van der Waals surface area contributed by atoms with Gasteiger partial charge in [-0.15, -0.1) is 0 Å². The molecule has 0 aromatic rings. The molecule has 0 aliphatic rings. The summed E-state index contributed by atoms with van der Waals surface area (Å²) >= 11 is 0. The van der Waals surface area contributed by atoms with Crippen molar-refractivity contribution in [1.29, 1.82) is 0 Å². The Bertz CT molecular complexity index is 201. The van der Waals surface area contributed by atoms with Gasteiger partial charge in [0.2, 0.25) is 0 Å². The largest absolute Gasteiger partial charge is 0.463 e. The predicted molar refractivity (Wildman–Crippen MR) is 60.7 cm³/mol. The first-order valence-electron chi connectivity index (χ1n) is 5.44. The third-order valence-electron chi connectivity index (χ3n) is 3.05. The molecule has 0 amide bonds. The van der Waals surface area contributed by atoms with Crippen molar-refractivity contribution in [2.24, 2.45) is 10.8 Å². The van der Waals surface area contributed by atoms with E-state index in [1.807, 2.05) is 6.92 Å². The summed E-state index contributed by atoms with van der Waals surface area (Å²) in [5.74, 6) is -0.283. The van der Waals surface area contributed by atoms with Crippen LogP contribution in [-0.2, 0) is 14.3 Å². The molecule has 0 aromatic heterocycles. The van der Waals surface area contributed by atoms with Gasteiger partial charge in [-0.05, 0) is 12.3 Å². The number of esters is 1. The van der Waals surface area contributed by atoms with Gasteiger partial charge in [0.05, 0.1) is 6.61 Å². The minimum absolute atomic E-state index is 0.0329. The standard InChI is InChI=1S/C12H24O3/c1-7-14-8-10(13)15-9-12(5,6)11(2,3)4/h7-9H2,1-6H3. The van der Waals surface area contributed by atoms with Gasteiger partial charge in [0.25, 0.3) is 0 Å². The van der Waals surface area contributed by atoms with E-state index in [9.17, 15) is 4.79 Å². The number of ether oxygens (including phenoxy) is 2. The van der Waals surface area contributed by atoms with Gasteiger partial charge in [0.1, 0.15) is 6.61 Å². The van der Waals surface area contributed by atoms with E-state index < -0.39 is 0 Å². The highest BCUT2D eigenvalue weighted by Crippen LogP contribution is 2.37. The minimum Gasteiger partial charge on any atom is -0.463 e. The lowest BCUT2D eigenvalue weighted by Gasteiger charge is -2.38. The van der Waals surface area contributed by atoms with Gasteiger partial charge in [-0.2, -0.15) is 0 Å². The minimum atomic E-state index is -0.283. The highest BCUT2D eigenvalue weighted by Gasteiger charge is 2.33. The van der Waals surface area contributed by atoms with Crippen molar-refractivity contribution in [1.82, 2.24) is 0 Å². The SMILES string of the molecule is CCOCC(=O)OCC(C)(C)C(C)(C)C. The number of hydrogen-bond acceptors (Lipinski definition) is 3. The van der Waals surface area contributed by atoms with Crippen LogP contribution in [0.15, 0.2) is 0 Å². The zero-order valence-electron chi connectivity index (χ0n) is 10.8. The lowest BCUT2D eigenvalue weighted by atomic mass is 9.70. The van der Waals surface area contributed by atoms with Crippen molar-refractivity contribution in [2.75, 3.05) is 19.8 Å². The van der Waals surface area contributed by atoms with Crippen molar-refractivity contribution in [3.63, 3.8) is 0 Å². The molecule has 0 spiro atoms. The van der Waals surface area contributed by atoms with E-state index >= 15 is 0 Å². The molecule has 0 bridgehead atoms. The molecule has 0 saturated carbocycles. The molecule has 3 heteroatoms. The first-order chi connectivity index (χ1) is 6.70. The summed E-state index contributed by atoms with van der Waals surface area (Å²) in [5, 5.41) is 0. The average molecular weight is 216 g/mol. The molecule has 0 aromatic carbocycles. The second-order valence-corrected chi connectivity index (χ2v) is 5.43. The maximum atomic E-state index is 11.2. The van der Waals surface area contributed by atoms with Gasteiger partial charge in [0, 0.05) is 12.0 Å². The van der Waals surface area contributed by atoms with E-state index in [0.717, 1.165) is 0 Å². The van der Waals surface area contributed by atoms with E-state index in [1.165, 1.54) is 0 Å². The molecule has 0 aliphatic heterocycles. The highest BCUT2D eigenvalue weighted by molar-refractivity contribution is 5.70. The average Bonchev–Trinajstić information content (AvgIpc) is 2.09. The molecule has 15 heavy (non-hydrogen) atoms. The van der Waals surface area contributed by atoms with Crippen molar-refractivity contribution in [2.45, 2.75) is 41.5 Å². The molecular formula is C12H24O3. The Kier molecular flexibility index (Phi) is 5.29. The van der Waals surface area contributed by atoms with Gasteiger partial charge >= 0.3 is 5.97 Å². The summed E-state index contributed by atoms with van der Waals surface area (Å²) in [6.45, 7) is 13.5. The molecule has 0 rings (SSSR count). The highest BCUT2D eigenvalue weighted by atomic mass is 16.6. The first-order valence-corrected chi connectivity index (χ1v) is 5.44. The summed E-state index contributed by atoms with van der Waals surface area (Å²) in [6.07, 6.45) is 0.